The summed E-state index contributed by atoms with van der Waals surface area (Å²) >= 11 is 1.31. The number of nitrogens with one attached hydrogen (secondary N) is 2. The van der Waals surface area contributed by atoms with Gasteiger partial charge in [0, 0.05) is 20.2 Å². The molecule has 1 rings (SSSR count). The first-order valence-electron chi connectivity index (χ1n) is 7.05. The summed E-state index contributed by atoms with van der Waals surface area (Å²) < 4.78 is 10.8. The summed E-state index contributed by atoms with van der Waals surface area (Å²) in [6, 6.07) is 0. The van der Waals surface area contributed by atoms with Crippen molar-refractivity contribution in [2.45, 2.75) is 32.8 Å². The molecule has 7 heteroatoms. The number of unbranched alkanes of at least 4 members (excludes halogenated alkanes) is 1. The van der Waals surface area contributed by atoms with Crippen LogP contribution >= 0.6 is 11.3 Å². The number of nitrogens with two attached hydrogens (primary N) is 1. The van der Waals surface area contributed by atoms with Crippen LogP contribution in [0.25, 0.3) is 0 Å². The first kappa shape index (κ1) is 17.6. The Morgan fingerprint density at radius 2 is 2.10 bits per heavy atom. The summed E-state index contributed by atoms with van der Waals surface area (Å²) in [5.41, 5.74) is 6.32. The smallest absolute Gasteiger partial charge is 0.263 e. The molecule has 0 saturated heterocycles. The predicted octanol–water partition coefficient (Wildman–Crippen LogP) is 2.32. The van der Waals surface area contributed by atoms with E-state index in [9.17, 15) is 4.79 Å². The SMILES string of the molecule is CNC(=O)c1sc(NCCCCOC(C)C)c(OC)c1N. The molecule has 1 aromatic rings. The zero-order chi connectivity index (χ0) is 15.8. The molecule has 120 valence electrons. The first-order chi connectivity index (χ1) is 10.0. The van der Waals surface area contributed by atoms with Crippen LogP contribution in [0.15, 0.2) is 0 Å². The number of thiophene rings is 1. The highest BCUT2D eigenvalue weighted by Gasteiger charge is 2.20. The first-order valence-corrected chi connectivity index (χ1v) is 7.86. The molecule has 0 fully saturated rings. The van der Waals surface area contributed by atoms with Gasteiger partial charge in [-0.25, -0.2) is 0 Å². The van der Waals surface area contributed by atoms with E-state index in [1.54, 1.807) is 14.2 Å². The summed E-state index contributed by atoms with van der Waals surface area (Å²) in [4.78, 5) is 12.2. The van der Waals surface area contributed by atoms with Gasteiger partial charge in [-0.05, 0) is 26.7 Å². The zero-order valence-corrected chi connectivity index (χ0v) is 13.9. The van der Waals surface area contributed by atoms with Gasteiger partial charge in [0.25, 0.3) is 5.91 Å². The third kappa shape index (κ3) is 5.09. The van der Waals surface area contributed by atoms with Crippen molar-refractivity contribution in [3.63, 3.8) is 0 Å². The van der Waals surface area contributed by atoms with Crippen molar-refractivity contribution in [2.24, 2.45) is 0 Å². The number of rotatable bonds is 9. The van der Waals surface area contributed by atoms with Crippen LogP contribution in [0.4, 0.5) is 10.7 Å². The zero-order valence-electron chi connectivity index (χ0n) is 13.1. The Balaban J connectivity index is 2.53. The van der Waals surface area contributed by atoms with Gasteiger partial charge < -0.3 is 25.8 Å². The van der Waals surface area contributed by atoms with Gasteiger partial charge in [-0.3, -0.25) is 4.79 Å². The van der Waals surface area contributed by atoms with Crippen LogP contribution in [0.5, 0.6) is 5.75 Å². The molecular formula is C14H25N3O3S. The molecule has 1 heterocycles. The highest BCUT2D eigenvalue weighted by atomic mass is 32.1. The molecule has 0 unspecified atom stereocenters. The lowest BCUT2D eigenvalue weighted by Gasteiger charge is -2.08. The summed E-state index contributed by atoms with van der Waals surface area (Å²) in [5, 5.41) is 6.63. The minimum Gasteiger partial charge on any atom is -0.492 e. The van der Waals surface area contributed by atoms with E-state index in [0.717, 1.165) is 31.0 Å². The van der Waals surface area contributed by atoms with Gasteiger partial charge in [-0.1, -0.05) is 0 Å². The van der Waals surface area contributed by atoms with Gasteiger partial charge in [0.1, 0.15) is 15.6 Å². The number of hydrogen-bond acceptors (Lipinski definition) is 6. The van der Waals surface area contributed by atoms with Crippen LogP contribution in [0, 0.1) is 0 Å². The Morgan fingerprint density at radius 1 is 1.38 bits per heavy atom. The lowest BCUT2D eigenvalue weighted by atomic mass is 10.3. The van der Waals surface area contributed by atoms with Gasteiger partial charge in [0.05, 0.1) is 13.2 Å². The van der Waals surface area contributed by atoms with Crippen LogP contribution in [0.2, 0.25) is 0 Å². The summed E-state index contributed by atoms with van der Waals surface area (Å²) in [7, 11) is 3.13. The van der Waals surface area contributed by atoms with E-state index in [4.69, 9.17) is 15.2 Å². The fourth-order valence-corrected chi connectivity index (χ4v) is 2.84. The van der Waals surface area contributed by atoms with Gasteiger partial charge in [-0.2, -0.15) is 0 Å². The summed E-state index contributed by atoms with van der Waals surface area (Å²) in [5.74, 6) is 0.339. The Morgan fingerprint density at radius 3 is 2.67 bits per heavy atom. The number of ether oxygens (including phenoxy) is 2. The van der Waals surface area contributed by atoms with Crippen molar-refractivity contribution in [3.05, 3.63) is 4.88 Å². The summed E-state index contributed by atoms with van der Waals surface area (Å²) in [6.07, 6.45) is 2.23. The van der Waals surface area contributed by atoms with Gasteiger partial charge in [0.15, 0.2) is 5.75 Å². The van der Waals surface area contributed by atoms with Gasteiger partial charge in [-0.15, -0.1) is 11.3 Å². The molecule has 0 atom stereocenters. The number of carbonyl (C=O) groups excluding carboxylic acids is 1. The minimum absolute atomic E-state index is 0.200. The molecular weight excluding hydrogens is 290 g/mol. The van der Waals surface area contributed by atoms with Crippen molar-refractivity contribution in [1.29, 1.82) is 0 Å². The van der Waals surface area contributed by atoms with Gasteiger partial charge in [0.2, 0.25) is 0 Å². The van der Waals surface area contributed by atoms with Crippen molar-refractivity contribution in [3.8, 4) is 5.75 Å². The second kappa shape index (κ2) is 8.74. The van der Waals surface area contributed by atoms with Crippen LogP contribution in [0.1, 0.15) is 36.4 Å². The van der Waals surface area contributed by atoms with E-state index in [1.165, 1.54) is 11.3 Å². The Bertz CT molecular complexity index is 461. The van der Waals surface area contributed by atoms with Crippen molar-refractivity contribution in [2.75, 3.05) is 38.4 Å². The molecule has 0 aliphatic carbocycles. The fourth-order valence-electron chi connectivity index (χ4n) is 1.78. The molecule has 1 aromatic heterocycles. The van der Waals surface area contributed by atoms with E-state index < -0.39 is 0 Å². The van der Waals surface area contributed by atoms with Gasteiger partial charge >= 0.3 is 0 Å². The fraction of sp³-hybridized carbons (Fsp3) is 0.643. The number of anilines is 2. The Labute approximate surface area is 130 Å². The number of carbonyl (C=O) groups is 1. The maximum Gasteiger partial charge on any atom is 0.263 e. The summed E-state index contributed by atoms with van der Waals surface area (Å²) in [6.45, 7) is 5.59. The van der Waals surface area contributed by atoms with E-state index in [-0.39, 0.29) is 12.0 Å². The average Bonchev–Trinajstić information content (AvgIpc) is 2.77. The van der Waals surface area contributed by atoms with Crippen molar-refractivity contribution >= 4 is 27.9 Å². The Kier molecular flexibility index (Phi) is 7.31. The average molecular weight is 315 g/mol. The molecule has 21 heavy (non-hydrogen) atoms. The molecule has 6 nitrogen and oxygen atoms in total. The quantitative estimate of drug-likeness (QED) is 0.609. The number of methoxy groups -OCH3 is 1. The topological polar surface area (TPSA) is 85.6 Å². The molecule has 0 aliphatic heterocycles. The molecule has 0 bridgehead atoms. The second-order valence-corrected chi connectivity index (χ2v) is 5.86. The van der Waals surface area contributed by atoms with E-state index >= 15 is 0 Å². The predicted molar refractivity (Wildman–Crippen MR) is 87.5 cm³/mol. The molecule has 0 saturated carbocycles. The van der Waals surface area contributed by atoms with E-state index in [0.29, 0.717) is 16.3 Å². The molecule has 0 radical (unpaired) electrons. The van der Waals surface area contributed by atoms with Crippen LogP contribution in [-0.4, -0.2) is 39.3 Å². The van der Waals surface area contributed by atoms with Crippen molar-refractivity contribution in [1.82, 2.24) is 5.32 Å². The third-order valence-corrected chi connectivity index (χ3v) is 3.99. The maximum absolute atomic E-state index is 11.7. The third-order valence-electron chi connectivity index (χ3n) is 2.84. The molecule has 0 aliphatic rings. The maximum atomic E-state index is 11.7. The lowest BCUT2D eigenvalue weighted by Crippen LogP contribution is -2.17. The standard InChI is InChI=1S/C14H25N3O3S/c1-9(2)20-8-6-5-7-17-14-11(19-4)10(15)12(21-14)13(18)16-3/h9,17H,5-8,15H2,1-4H3,(H,16,18). The van der Waals surface area contributed by atoms with Crippen molar-refractivity contribution < 1.29 is 14.3 Å². The molecule has 0 spiro atoms. The largest absolute Gasteiger partial charge is 0.492 e. The highest BCUT2D eigenvalue weighted by molar-refractivity contribution is 7.19. The van der Waals surface area contributed by atoms with Crippen LogP contribution < -0.4 is 21.1 Å². The number of amides is 1. The van der Waals surface area contributed by atoms with Crippen LogP contribution in [-0.2, 0) is 4.74 Å². The second-order valence-electron chi connectivity index (χ2n) is 4.84. The monoisotopic (exact) mass is 315 g/mol. The molecule has 4 N–H and O–H groups in total. The number of nitrogen functional groups attached to an aromatic ring is 1. The highest BCUT2D eigenvalue weighted by Crippen LogP contribution is 2.42. The van der Waals surface area contributed by atoms with E-state index in [2.05, 4.69) is 10.6 Å². The molecule has 0 aromatic carbocycles. The molecule has 1 amide bonds. The normalized spacial score (nSPS) is 10.7. The van der Waals surface area contributed by atoms with E-state index in [1.807, 2.05) is 13.8 Å². The lowest BCUT2D eigenvalue weighted by molar-refractivity contribution is 0.0765. The Hall–Kier alpha value is -1.47. The minimum atomic E-state index is -0.200. The van der Waals surface area contributed by atoms with Crippen LogP contribution in [0.3, 0.4) is 0 Å². The number of hydrogen-bond donors (Lipinski definition) is 3.